The highest BCUT2D eigenvalue weighted by Gasteiger charge is 2.06. The number of carbonyl (C=O) groups excluding carboxylic acids is 1. The summed E-state index contributed by atoms with van der Waals surface area (Å²) in [5.41, 5.74) is 1.97. The summed E-state index contributed by atoms with van der Waals surface area (Å²) in [5.74, 6) is 0.800. The second-order valence-electron chi connectivity index (χ2n) is 5.67. The lowest BCUT2D eigenvalue weighted by atomic mass is 10.0. The average Bonchev–Trinajstić information content (AvgIpc) is 2.55. The fraction of sp³-hybridized carbons (Fsp3) is 0.278. The van der Waals surface area contributed by atoms with Gasteiger partial charge in [0.25, 0.3) is 5.69 Å². The molecule has 1 N–H and O–H groups in total. The molecular formula is C18H20N2O4. The molecule has 0 saturated carbocycles. The second-order valence-corrected chi connectivity index (χ2v) is 5.67. The van der Waals surface area contributed by atoms with Gasteiger partial charge >= 0.3 is 0 Å². The molecule has 0 unspecified atom stereocenters. The van der Waals surface area contributed by atoms with E-state index in [9.17, 15) is 14.9 Å². The van der Waals surface area contributed by atoms with Crippen molar-refractivity contribution in [1.82, 2.24) is 0 Å². The van der Waals surface area contributed by atoms with Crippen LogP contribution in [0.4, 0.5) is 11.4 Å². The minimum atomic E-state index is -0.470. The number of ether oxygens (including phenoxy) is 1. The SMILES string of the molecule is CC(C)c1ccc(NC(=O)CCOc2ccc([N+](=O)[O-])cc2)cc1. The number of carbonyl (C=O) groups is 1. The van der Waals surface area contributed by atoms with Gasteiger partial charge in [-0.05, 0) is 35.7 Å². The third-order valence-corrected chi connectivity index (χ3v) is 3.51. The highest BCUT2D eigenvalue weighted by molar-refractivity contribution is 5.90. The van der Waals surface area contributed by atoms with Gasteiger partial charge in [-0.25, -0.2) is 0 Å². The monoisotopic (exact) mass is 328 g/mol. The predicted octanol–water partition coefficient (Wildman–Crippen LogP) is 4.13. The quantitative estimate of drug-likeness (QED) is 0.612. The van der Waals surface area contributed by atoms with E-state index in [1.54, 1.807) is 0 Å². The Bertz CT molecular complexity index is 694. The first-order valence-corrected chi connectivity index (χ1v) is 7.73. The number of rotatable bonds is 7. The van der Waals surface area contributed by atoms with Crippen molar-refractivity contribution in [2.45, 2.75) is 26.2 Å². The molecule has 24 heavy (non-hydrogen) atoms. The third kappa shape index (κ3) is 5.08. The Morgan fingerprint density at radius 2 is 1.75 bits per heavy atom. The molecule has 0 aliphatic carbocycles. The first-order chi connectivity index (χ1) is 11.5. The number of nitrogens with one attached hydrogen (secondary N) is 1. The van der Waals surface area contributed by atoms with Gasteiger partial charge in [0.15, 0.2) is 0 Å². The van der Waals surface area contributed by atoms with Crippen molar-refractivity contribution in [2.24, 2.45) is 0 Å². The number of anilines is 1. The standard InChI is InChI=1S/C18H20N2O4/c1-13(2)14-3-5-15(6-4-14)19-18(21)11-12-24-17-9-7-16(8-10-17)20(22)23/h3-10,13H,11-12H2,1-2H3,(H,19,21). The normalized spacial score (nSPS) is 10.5. The largest absolute Gasteiger partial charge is 0.493 e. The number of amides is 1. The summed E-state index contributed by atoms with van der Waals surface area (Å²) in [6.07, 6.45) is 0.197. The summed E-state index contributed by atoms with van der Waals surface area (Å²) in [4.78, 5) is 22.0. The van der Waals surface area contributed by atoms with Gasteiger partial charge in [-0.1, -0.05) is 26.0 Å². The second kappa shape index (κ2) is 8.10. The van der Waals surface area contributed by atoms with E-state index in [1.807, 2.05) is 24.3 Å². The molecule has 2 aromatic carbocycles. The van der Waals surface area contributed by atoms with E-state index >= 15 is 0 Å². The fourth-order valence-electron chi connectivity index (χ4n) is 2.10. The summed E-state index contributed by atoms with van der Waals surface area (Å²) in [5, 5.41) is 13.4. The molecule has 0 aliphatic rings. The molecule has 0 fully saturated rings. The van der Waals surface area contributed by atoms with E-state index in [4.69, 9.17) is 4.74 Å². The molecule has 2 aromatic rings. The minimum Gasteiger partial charge on any atom is -0.493 e. The molecule has 0 aromatic heterocycles. The Hall–Kier alpha value is -2.89. The van der Waals surface area contributed by atoms with Gasteiger partial charge < -0.3 is 10.1 Å². The summed E-state index contributed by atoms with van der Waals surface area (Å²) >= 11 is 0. The molecule has 2 rings (SSSR count). The molecule has 126 valence electrons. The molecule has 0 radical (unpaired) electrons. The summed E-state index contributed by atoms with van der Waals surface area (Å²) in [7, 11) is 0. The van der Waals surface area contributed by atoms with Crippen LogP contribution in [0.5, 0.6) is 5.75 Å². The van der Waals surface area contributed by atoms with Gasteiger partial charge in [-0.3, -0.25) is 14.9 Å². The Morgan fingerprint density at radius 1 is 1.12 bits per heavy atom. The number of nitro groups is 1. The van der Waals surface area contributed by atoms with Crippen LogP contribution in [0, 0.1) is 10.1 Å². The Balaban J connectivity index is 1.77. The lowest BCUT2D eigenvalue weighted by molar-refractivity contribution is -0.384. The molecule has 0 heterocycles. The first kappa shape index (κ1) is 17.5. The van der Waals surface area contributed by atoms with Crippen molar-refractivity contribution >= 4 is 17.3 Å². The van der Waals surface area contributed by atoms with Crippen molar-refractivity contribution < 1.29 is 14.5 Å². The van der Waals surface area contributed by atoms with Crippen LogP contribution < -0.4 is 10.1 Å². The summed E-state index contributed by atoms with van der Waals surface area (Å²) in [6, 6.07) is 13.5. The highest BCUT2D eigenvalue weighted by Crippen LogP contribution is 2.18. The first-order valence-electron chi connectivity index (χ1n) is 7.73. The topological polar surface area (TPSA) is 81.5 Å². The van der Waals surface area contributed by atoms with E-state index in [0.717, 1.165) is 5.69 Å². The molecule has 0 spiro atoms. The zero-order valence-electron chi connectivity index (χ0n) is 13.7. The van der Waals surface area contributed by atoms with Crippen LogP contribution in [0.3, 0.4) is 0 Å². The van der Waals surface area contributed by atoms with Gasteiger partial charge in [0, 0.05) is 17.8 Å². The zero-order chi connectivity index (χ0) is 17.5. The van der Waals surface area contributed by atoms with E-state index in [1.165, 1.54) is 29.8 Å². The van der Waals surface area contributed by atoms with Gasteiger partial charge in [0.2, 0.25) is 5.91 Å². The fourth-order valence-corrected chi connectivity index (χ4v) is 2.10. The van der Waals surface area contributed by atoms with Crippen molar-refractivity contribution in [3.05, 3.63) is 64.2 Å². The van der Waals surface area contributed by atoms with E-state index in [0.29, 0.717) is 11.7 Å². The van der Waals surface area contributed by atoms with Gasteiger partial charge in [-0.2, -0.15) is 0 Å². The van der Waals surface area contributed by atoms with Crippen molar-refractivity contribution in [3.8, 4) is 5.75 Å². The van der Waals surface area contributed by atoms with Crippen molar-refractivity contribution in [1.29, 1.82) is 0 Å². The lowest BCUT2D eigenvalue weighted by Crippen LogP contribution is -2.15. The minimum absolute atomic E-state index is 0.00457. The Morgan fingerprint density at radius 3 is 2.29 bits per heavy atom. The zero-order valence-corrected chi connectivity index (χ0v) is 13.7. The highest BCUT2D eigenvalue weighted by atomic mass is 16.6. The summed E-state index contributed by atoms with van der Waals surface area (Å²) in [6.45, 7) is 4.43. The van der Waals surface area contributed by atoms with E-state index in [2.05, 4.69) is 19.2 Å². The molecule has 1 amide bonds. The van der Waals surface area contributed by atoms with Gasteiger partial charge in [0.05, 0.1) is 18.0 Å². The molecule has 6 heteroatoms. The lowest BCUT2D eigenvalue weighted by Gasteiger charge is -2.09. The van der Waals surface area contributed by atoms with E-state index < -0.39 is 4.92 Å². The van der Waals surface area contributed by atoms with Crippen molar-refractivity contribution in [2.75, 3.05) is 11.9 Å². The maximum Gasteiger partial charge on any atom is 0.269 e. The Kier molecular flexibility index (Phi) is 5.89. The Labute approximate surface area is 140 Å². The number of benzene rings is 2. The number of nitro benzene ring substituents is 1. The molecule has 6 nitrogen and oxygen atoms in total. The maximum absolute atomic E-state index is 11.9. The number of hydrogen-bond donors (Lipinski definition) is 1. The molecule has 0 saturated heterocycles. The van der Waals surface area contributed by atoms with Crippen molar-refractivity contribution in [3.63, 3.8) is 0 Å². The number of non-ortho nitro benzene ring substituents is 1. The van der Waals surface area contributed by atoms with Crippen LogP contribution in [0.1, 0.15) is 31.7 Å². The van der Waals surface area contributed by atoms with Crippen LogP contribution in [0.2, 0.25) is 0 Å². The average molecular weight is 328 g/mol. The van der Waals surface area contributed by atoms with Crippen LogP contribution >= 0.6 is 0 Å². The van der Waals surface area contributed by atoms with E-state index in [-0.39, 0.29) is 24.6 Å². The summed E-state index contributed by atoms with van der Waals surface area (Å²) < 4.78 is 5.42. The van der Waals surface area contributed by atoms with Crippen LogP contribution in [0.25, 0.3) is 0 Å². The van der Waals surface area contributed by atoms with Gasteiger partial charge in [0.1, 0.15) is 5.75 Å². The molecule has 0 aliphatic heterocycles. The number of nitrogens with zero attached hydrogens (tertiary/aromatic N) is 1. The number of hydrogen-bond acceptors (Lipinski definition) is 4. The molecular weight excluding hydrogens is 308 g/mol. The molecule has 0 atom stereocenters. The van der Waals surface area contributed by atoms with Crippen LogP contribution in [0.15, 0.2) is 48.5 Å². The smallest absolute Gasteiger partial charge is 0.269 e. The molecule has 0 bridgehead atoms. The third-order valence-electron chi connectivity index (χ3n) is 3.51. The predicted molar refractivity (Wildman–Crippen MR) is 92.4 cm³/mol. The van der Waals surface area contributed by atoms with Crippen LogP contribution in [-0.2, 0) is 4.79 Å². The van der Waals surface area contributed by atoms with Crippen LogP contribution in [-0.4, -0.2) is 17.4 Å². The maximum atomic E-state index is 11.9. The van der Waals surface area contributed by atoms with Gasteiger partial charge in [-0.15, -0.1) is 0 Å².